The van der Waals surface area contributed by atoms with Crippen molar-refractivity contribution in [2.24, 2.45) is 11.7 Å². The molecule has 0 radical (unpaired) electrons. The van der Waals surface area contributed by atoms with Crippen LogP contribution in [-0.2, 0) is 11.8 Å². The maximum absolute atomic E-state index is 13.3. The molecule has 10 heteroatoms. The van der Waals surface area contributed by atoms with Crippen LogP contribution in [0.1, 0.15) is 60.8 Å². The number of hydrogen-bond donors (Lipinski definition) is 4. The van der Waals surface area contributed by atoms with Gasteiger partial charge in [-0.3, -0.25) is 10.1 Å². The normalized spacial score (nSPS) is 13.7. The van der Waals surface area contributed by atoms with Gasteiger partial charge in [0.25, 0.3) is 5.91 Å². The van der Waals surface area contributed by atoms with E-state index in [0.717, 1.165) is 47.5 Å². The Morgan fingerprint density at radius 1 is 0.933 bits per heavy atom. The molecule has 5 rings (SSSR count). The van der Waals surface area contributed by atoms with Crippen LogP contribution in [0.2, 0.25) is 0 Å². The van der Waals surface area contributed by atoms with Crippen molar-refractivity contribution in [1.82, 2.24) is 14.7 Å². The van der Waals surface area contributed by atoms with Gasteiger partial charge >= 0.3 is 6.03 Å². The number of para-hydroxylation sites is 1. The second kappa shape index (κ2) is 13.5. The van der Waals surface area contributed by atoms with E-state index in [-0.39, 0.29) is 22.5 Å². The summed E-state index contributed by atoms with van der Waals surface area (Å²) >= 11 is 4.92. The molecular formula is C35H41N7O2S. The van der Waals surface area contributed by atoms with E-state index in [1.807, 2.05) is 78.6 Å². The Morgan fingerprint density at radius 2 is 1.64 bits per heavy atom. The van der Waals surface area contributed by atoms with Crippen LogP contribution in [-0.4, -0.2) is 44.8 Å². The molecule has 1 aliphatic heterocycles. The van der Waals surface area contributed by atoms with Gasteiger partial charge in [-0.15, -0.1) is 0 Å². The summed E-state index contributed by atoms with van der Waals surface area (Å²) in [7, 11) is 0. The summed E-state index contributed by atoms with van der Waals surface area (Å²) < 4.78 is 1.78. The molecule has 1 saturated heterocycles. The number of piperidine rings is 1. The van der Waals surface area contributed by atoms with Gasteiger partial charge in [-0.25, -0.2) is 9.48 Å². The molecule has 0 aliphatic carbocycles. The van der Waals surface area contributed by atoms with E-state index in [0.29, 0.717) is 36.1 Å². The number of nitrogens with zero attached hydrogens (tertiary/aromatic N) is 3. The summed E-state index contributed by atoms with van der Waals surface area (Å²) in [6, 6.07) is 24.8. The molecule has 4 aromatic rings. The molecule has 0 saturated carbocycles. The van der Waals surface area contributed by atoms with E-state index in [9.17, 15) is 9.59 Å². The third-order valence-electron chi connectivity index (χ3n) is 8.05. The van der Waals surface area contributed by atoms with Crippen LogP contribution >= 0.6 is 12.2 Å². The lowest BCUT2D eigenvalue weighted by Crippen LogP contribution is -2.39. The smallest absolute Gasteiger partial charge is 0.324 e. The highest BCUT2D eigenvalue weighted by Gasteiger charge is 2.25. The summed E-state index contributed by atoms with van der Waals surface area (Å²) in [6.45, 7) is 9.69. The van der Waals surface area contributed by atoms with E-state index >= 15 is 0 Å². The van der Waals surface area contributed by atoms with E-state index in [4.69, 9.17) is 23.1 Å². The minimum Gasteiger partial charge on any atom is -0.376 e. The summed E-state index contributed by atoms with van der Waals surface area (Å²) in [5.74, 6) is 0.987. The fourth-order valence-corrected chi connectivity index (χ4v) is 5.63. The minimum atomic E-state index is -0.330. The van der Waals surface area contributed by atoms with Gasteiger partial charge in [0.15, 0.2) is 5.11 Å². The number of hydrogen-bond acceptors (Lipinski definition) is 4. The van der Waals surface area contributed by atoms with Crippen LogP contribution in [0.5, 0.6) is 0 Å². The number of carbonyl (C=O) groups is 2. The molecule has 9 nitrogen and oxygen atoms in total. The maximum Gasteiger partial charge on any atom is 0.324 e. The zero-order valence-electron chi connectivity index (χ0n) is 26.3. The number of benzene rings is 3. The first-order valence-electron chi connectivity index (χ1n) is 15.3. The van der Waals surface area contributed by atoms with Crippen LogP contribution in [0.3, 0.4) is 0 Å². The molecule has 3 aromatic carbocycles. The Balaban J connectivity index is 1.22. The summed E-state index contributed by atoms with van der Waals surface area (Å²) in [5, 5.41) is 14.0. The molecule has 0 unspecified atom stereocenters. The second-order valence-electron chi connectivity index (χ2n) is 12.7. The number of aromatic nitrogens is 2. The number of likely N-dealkylation sites (tertiary alicyclic amines) is 1. The zero-order valence-corrected chi connectivity index (χ0v) is 27.1. The van der Waals surface area contributed by atoms with Gasteiger partial charge in [-0.1, -0.05) is 62.7 Å². The first kappa shape index (κ1) is 31.7. The van der Waals surface area contributed by atoms with Gasteiger partial charge in [-0.05, 0) is 86.3 Å². The zero-order chi connectivity index (χ0) is 32.1. The van der Waals surface area contributed by atoms with Crippen molar-refractivity contribution in [2.45, 2.75) is 52.4 Å². The van der Waals surface area contributed by atoms with Crippen LogP contribution in [0.4, 0.5) is 22.0 Å². The van der Waals surface area contributed by atoms with Gasteiger partial charge in [0.2, 0.25) is 0 Å². The summed E-state index contributed by atoms with van der Waals surface area (Å²) in [5.41, 5.74) is 11.5. The van der Waals surface area contributed by atoms with Gasteiger partial charge < -0.3 is 21.3 Å². The van der Waals surface area contributed by atoms with E-state index < -0.39 is 0 Å². The predicted molar refractivity (Wildman–Crippen MR) is 185 cm³/mol. The van der Waals surface area contributed by atoms with E-state index in [1.165, 1.54) is 0 Å². The number of carbonyl (C=O) groups excluding carboxylic acids is 2. The highest BCUT2D eigenvalue weighted by atomic mass is 32.1. The van der Waals surface area contributed by atoms with E-state index in [1.54, 1.807) is 10.7 Å². The highest BCUT2D eigenvalue weighted by Crippen LogP contribution is 2.29. The largest absolute Gasteiger partial charge is 0.376 e. The Morgan fingerprint density at radius 3 is 2.33 bits per heavy atom. The summed E-state index contributed by atoms with van der Waals surface area (Å²) in [6.07, 6.45) is 2.56. The fourth-order valence-electron chi connectivity index (χ4n) is 5.52. The third kappa shape index (κ3) is 8.07. The van der Waals surface area contributed by atoms with Crippen LogP contribution in [0, 0.1) is 12.8 Å². The van der Waals surface area contributed by atoms with Gasteiger partial charge in [0.1, 0.15) is 5.82 Å². The summed E-state index contributed by atoms with van der Waals surface area (Å²) in [4.78, 5) is 28.4. The molecule has 0 bridgehead atoms. The van der Waals surface area contributed by atoms with Crippen molar-refractivity contribution >= 4 is 46.5 Å². The average molecular weight is 624 g/mol. The quantitative estimate of drug-likeness (QED) is 0.167. The number of thiocarbonyl (C=S) groups is 1. The lowest BCUT2D eigenvalue weighted by molar-refractivity contribution is 0.0690. The number of rotatable bonds is 7. The number of nitrogens with one attached hydrogen (secondary N) is 3. The number of anilines is 3. The molecule has 1 aliphatic rings. The molecule has 1 fully saturated rings. The van der Waals surface area contributed by atoms with Crippen molar-refractivity contribution in [3.05, 3.63) is 101 Å². The molecule has 1 aromatic heterocycles. The van der Waals surface area contributed by atoms with Crippen molar-refractivity contribution in [3.8, 4) is 5.69 Å². The van der Waals surface area contributed by atoms with E-state index in [2.05, 4.69) is 42.8 Å². The topological polar surface area (TPSA) is 117 Å². The number of aryl methyl sites for hydroxylation is 1. The van der Waals surface area contributed by atoms with Gasteiger partial charge in [0, 0.05) is 41.5 Å². The van der Waals surface area contributed by atoms with Crippen molar-refractivity contribution in [1.29, 1.82) is 0 Å². The van der Waals surface area contributed by atoms with Crippen molar-refractivity contribution in [2.75, 3.05) is 29.0 Å². The first-order valence-corrected chi connectivity index (χ1v) is 15.7. The van der Waals surface area contributed by atoms with Crippen LogP contribution < -0.4 is 21.7 Å². The number of amides is 3. The molecule has 0 atom stereocenters. The molecule has 5 N–H and O–H groups in total. The molecule has 2 heterocycles. The SMILES string of the molecule is Cc1ccc(-n2nc(C(C)(C)C)cc2NC(=O)Nc2ccccc2CC2CCN(C(=O)c3cccc(NC(N)=S)c3)CC2)cc1. The van der Waals surface area contributed by atoms with Crippen LogP contribution in [0.25, 0.3) is 5.69 Å². The maximum atomic E-state index is 13.3. The fraction of sp³-hybridized carbons (Fsp3) is 0.314. The molecule has 0 spiro atoms. The average Bonchev–Trinajstić information content (AvgIpc) is 3.42. The number of nitrogens with two attached hydrogens (primary N) is 1. The second-order valence-corrected chi connectivity index (χ2v) is 13.1. The molecule has 3 amide bonds. The number of urea groups is 1. The molecule has 234 valence electrons. The molecular weight excluding hydrogens is 582 g/mol. The van der Waals surface area contributed by atoms with Gasteiger partial charge in [0.05, 0.1) is 11.4 Å². The minimum absolute atomic E-state index is 0.00160. The Kier molecular flexibility index (Phi) is 9.53. The predicted octanol–water partition coefficient (Wildman–Crippen LogP) is 6.87. The van der Waals surface area contributed by atoms with Crippen molar-refractivity contribution in [3.63, 3.8) is 0 Å². The molecule has 45 heavy (non-hydrogen) atoms. The Bertz CT molecular complexity index is 1680. The standard InChI is InChI=1S/C35H41N7O2S/c1-23-12-14-28(15-13-23)42-31(22-30(40-42)35(2,3)4)39-34(44)38-29-11-6-5-8-25(29)20-24-16-18-41(19-17-24)32(43)26-9-7-10-27(21-26)37-33(36)45/h5-15,21-22,24H,16-20H2,1-4H3,(H3,36,37,45)(H2,38,39,44). The van der Waals surface area contributed by atoms with Crippen LogP contribution in [0.15, 0.2) is 78.9 Å². The lowest BCUT2D eigenvalue weighted by atomic mass is 9.89. The first-order chi connectivity index (χ1) is 21.5. The third-order valence-corrected chi connectivity index (χ3v) is 8.15. The lowest BCUT2D eigenvalue weighted by Gasteiger charge is -2.32. The monoisotopic (exact) mass is 623 g/mol. The Hall–Kier alpha value is -4.70. The van der Waals surface area contributed by atoms with Gasteiger partial charge in [-0.2, -0.15) is 5.10 Å². The highest BCUT2D eigenvalue weighted by molar-refractivity contribution is 7.80. The van der Waals surface area contributed by atoms with Crippen molar-refractivity contribution < 1.29 is 9.59 Å². The Labute approximate surface area is 270 Å².